The molecular formula is C14H17BrFN3. The molecule has 1 heterocycles. The lowest BCUT2D eigenvalue weighted by atomic mass is 10.0. The Kier molecular flexibility index (Phi) is 4.37. The number of hydrogen-bond donors (Lipinski definition) is 1. The summed E-state index contributed by atoms with van der Waals surface area (Å²) in [5, 5.41) is 4.27. The third kappa shape index (κ3) is 2.87. The van der Waals surface area contributed by atoms with Crippen molar-refractivity contribution in [1.29, 1.82) is 0 Å². The first kappa shape index (κ1) is 14.2. The fraction of sp³-hybridized carbons (Fsp3) is 0.357. The highest BCUT2D eigenvalue weighted by molar-refractivity contribution is 9.10. The number of hydrogen-bond acceptors (Lipinski definition) is 2. The van der Waals surface area contributed by atoms with Gasteiger partial charge in [0.1, 0.15) is 5.82 Å². The van der Waals surface area contributed by atoms with E-state index in [9.17, 15) is 4.39 Å². The van der Waals surface area contributed by atoms with Gasteiger partial charge in [0, 0.05) is 12.1 Å². The normalized spacial score (nSPS) is 12.7. The molecule has 1 unspecified atom stereocenters. The Morgan fingerprint density at radius 1 is 1.47 bits per heavy atom. The van der Waals surface area contributed by atoms with Crippen LogP contribution in [0.2, 0.25) is 0 Å². The van der Waals surface area contributed by atoms with Crippen molar-refractivity contribution in [3.8, 4) is 0 Å². The molecule has 0 aliphatic carbocycles. The summed E-state index contributed by atoms with van der Waals surface area (Å²) in [7, 11) is 0. The highest BCUT2D eigenvalue weighted by Crippen LogP contribution is 2.28. The Morgan fingerprint density at radius 2 is 2.21 bits per heavy atom. The van der Waals surface area contributed by atoms with Crippen LogP contribution in [-0.4, -0.2) is 9.78 Å². The summed E-state index contributed by atoms with van der Waals surface area (Å²) in [5.74, 6) is -0.274. The molecule has 0 spiro atoms. The summed E-state index contributed by atoms with van der Waals surface area (Å²) >= 11 is 3.44. The summed E-state index contributed by atoms with van der Waals surface area (Å²) in [5.41, 5.74) is 8.40. The smallest absolute Gasteiger partial charge is 0.128 e. The van der Waals surface area contributed by atoms with E-state index in [4.69, 9.17) is 5.73 Å². The van der Waals surface area contributed by atoms with Gasteiger partial charge in [0.2, 0.25) is 0 Å². The average Bonchev–Trinajstić information content (AvgIpc) is 2.70. The Balaban J connectivity index is 2.43. The summed E-state index contributed by atoms with van der Waals surface area (Å²) in [6, 6.07) is 4.59. The van der Waals surface area contributed by atoms with E-state index in [1.807, 2.05) is 17.7 Å². The Morgan fingerprint density at radius 3 is 2.84 bits per heavy atom. The molecule has 0 fully saturated rings. The van der Waals surface area contributed by atoms with Gasteiger partial charge in [0.25, 0.3) is 0 Å². The molecule has 0 bridgehead atoms. The molecule has 3 nitrogen and oxygen atoms in total. The predicted octanol–water partition coefficient (Wildman–Crippen LogP) is 3.55. The van der Waals surface area contributed by atoms with E-state index in [1.165, 1.54) is 6.07 Å². The second-order valence-corrected chi connectivity index (χ2v) is 5.46. The van der Waals surface area contributed by atoms with Crippen LogP contribution in [0.4, 0.5) is 4.39 Å². The minimum atomic E-state index is -0.524. The summed E-state index contributed by atoms with van der Waals surface area (Å²) in [6.07, 6.45) is 2.65. The minimum Gasteiger partial charge on any atom is -0.319 e. The zero-order valence-electron chi connectivity index (χ0n) is 11.0. The molecular weight excluding hydrogens is 309 g/mol. The molecule has 0 aliphatic heterocycles. The highest BCUT2D eigenvalue weighted by Gasteiger charge is 2.20. The molecule has 1 aromatic carbocycles. The maximum atomic E-state index is 14.0. The van der Waals surface area contributed by atoms with Crippen LogP contribution in [0, 0.1) is 12.7 Å². The zero-order chi connectivity index (χ0) is 14.0. The van der Waals surface area contributed by atoms with Gasteiger partial charge in [0.15, 0.2) is 0 Å². The molecule has 1 atom stereocenters. The molecule has 2 N–H and O–H groups in total. The van der Waals surface area contributed by atoms with Gasteiger partial charge in [-0.1, -0.05) is 19.1 Å². The van der Waals surface area contributed by atoms with E-state index in [0.717, 1.165) is 28.7 Å². The van der Waals surface area contributed by atoms with Crippen LogP contribution in [0.15, 0.2) is 28.9 Å². The van der Waals surface area contributed by atoms with Crippen molar-refractivity contribution in [3.63, 3.8) is 0 Å². The van der Waals surface area contributed by atoms with Crippen molar-refractivity contribution in [2.24, 2.45) is 5.73 Å². The third-order valence-corrected chi connectivity index (χ3v) is 3.67. The molecule has 0 amide bonds. The summed E-state index contributed by atoms with van der Waals surface area (Å²) in [4.78, 5) is 0. The Bertz CT molecular complexity index is 580. The van der Waals surface area contributed by atoms with Crippen LogP contribution in [0.3, 0.4) is 0 Å². The minimum absolute atomic E-state index is 0.274. The second kappa shape index (κ2) is 5.84. The molecule has 19 heavy (non-hydrogen) atoms. The van der Waals surface area contributed by atoms with Gasteiger partial charge in [0.05, 0.1) is 22.4 Å². The molecule has 2 aromatic rings. The van der Waals surface area contributed by atoms with Crippen LogP contribution < -0.4 is 5.73 Å². The van der Waals surface area contributed by atoms with Gasteiger partial charge in [-0.15, -0.1) is 0 Å². The lowest BCUT2D eigenvalue weighted by Gasteiger charge is -2.16. The first-order chi connectivity index (χ1) is 9.04. The number of benzene rings is 1. The topological polar surface area (TPSA) is 43.8 Å². The van der Waals surface area contributed by atoms with E-state index in [-0.39, 0.29) is 5.82 Å². The van der Waals surface area contributed by atoms with Gasteiger partial charge in [-0.3, -0.25) is 4.68 Å². The molecule has 0 aliphatic rings. The van der Waals surface area contributed by atoms with Crippen molar-refractivity contribution >= 4 is 15.9 Å². The molecule has 0 saturated carbocycles. The van der Waals surface area contributed by atoms with Crippen molar-refractivity contribution in [2.75, 3.05) is 0 Å². The lowest BCUT2D eigenvalue weighted by Crippen LogP contribution is -2.19. The number of aromatic nitrogens is 2. The number of rotatable bonds is 4. The first-order valence-corrected chi connectivity index (χ1v) is 7.06. The number of aryl methyl sites for hydroxylation is 2. The summed E-state index contributed by atoms with van der Waals surface area (Å²) < 4.78 is 16.7. The molecule has 5 heteroatoms. The SMILES string of the molecule is CCCn1ncc(Br)c1C(N)c1ccc(C)cc1F. The second-order valence-electron chi connectivity index (χ2n) is 4.60. The van der Waals surface area contributed by atoms with Gasteiger partial charge in [-0.25, -0.2) is 4.39 Å². The maximum absolute atomic E-state index is 14.0. The van der Waals surface area contributed by atoms with E-state index in [2.05, 4.69) is 28.0 Å². The van der Waals surface area contributed by atoms with Crippen LogP contribution >= 0.6 is 15.9 Å². The van der Waals surface area contributed by atoms with Crippen molar-refractivity contribution < 1.29 is 4.39 Å². The number of nitrogens with two attached hydrogens (primary N) is 1. The maximum Gasteiger partial charge on any atom is 0.128 e. The third-order valence-electron chi connectivity index (χ3n) is 3.05. The van der Waals surface area contributed by atoms with Crippen LogP contribution in [0.1, 0.15) is 36.2 Å². The largest absolute Gasteiger partial charge is 0.319 e. The van der Waals surface area contributed by atoms with Gasteiger partial charge >= 0.3 is 0 Å². The fourth-order valence-corrected chi connectivity index (χ4v) is 2.65. The van der Waals surface area contributed by atoms with Gasteiger partial charge in [-0.05, 0) is 40.9 Å². The van der Waals surface area contributed by atoms with Crippen molar-refractivity contribution in [1.82, 2.24) is 9.78 Å². The van der Waals surface area contributed by atoms with Crippen molar-refractivity contribution in [2.45, 2.75) is 32.9 Å². The molecule has 102 valence electrons. The van der Waals surface area contributed by atoms with E-state index in [0.29, 0.717) is 5.56 Å². The molecule has 0 saturated heterocycles. The lowest BCUT2D eigenvalue weighted by molar-refractivity contribution is 0.543. The quantitative estimate of drug-likeness (QED) is 0.934. The fourth-order valence-electron chi connectivity index (χ4n) is 2.10. The van der Waals surface area contributed by atoms with Gasteiger partial charge in [-0.2, -0.15) is 5.10 Å². The summed E-state index contributed by atoms with van der Waals surface area (Å²) in [6.45, 7) is 4.69. The van der Waals surface area contributed by atoms with Gasteiger partial charge < -0.3 is 5.73 Å². The standard InChI is InChI=1S/C14H17BrFN3/c1-3-6-19-14(11(15)8-18-19)13(17)10-5-4-9(2)7-12(10)16/h4-5,7-8,13H,3,6,17H2,1-2H3. The van der Waals surface area contributed by atoms with E-state index in [1.54, 1.807) is 12.3 Å². The Labute approximate surface area is 120 Å². The van der Waals surface area contributed by atoms with E-state index >= 15 is 0 Å². The average molecular weight is 326 g/mol. The molecule has 0 radical (unpaired) electrons. The predicted molar refractivity (Wildman–Crippen MR) is 77.4 cm³/mol. The number of halogens is 2. The van der Waals surface area contributed by atoms with Crippen LogP contribution in [0.25, 0.3) is 0 Å². The Hall–Kier alpha value is -1.20. The zero-order valence-corrected chi connectivity index (χ0v) is 12.6. The van der Waals surface area contributed by atoms with Crippen molar-refractivity contribution in [3.05, 3.63) is 51.5 Å². The highest BCUT2D eigenvalue weighted by atomic mass is 79.9. The van der Waals surface area contributed by atoms with Crippen LogP contribution in [0.5, 0.6) is 0 Å². The van der Waals surface area contributed by atoms with Crippen LogP contribution in [-0.2, 0) is 6.54 Å². The molecule has 2 rings (SSSR count). The van der Waals surface area contributed by atoms with E-state index < -0.39 is 6.04 Å². The monoisotopic (exact) mass is 325 g/mol. The molecule has 1 aromatic heterocycles. The number of nitrogens with zero attached hydrogens (tertiary/aromatic N) is 2. The first-order valence-electron chi connectivity index (χ1n) is 6.27.